The topological polar surface area (TPSA) is 9.23 Å². The molecule has 1 aliphatic heterocycles. The van der Waals surface area contributed by atoms with E-state index in [4.69, 9.17) is 4.74 Å². The van der Waals surface area contributed by atoms with Crippen LogP contribution in [0.2, 0.25) is 0 Å². The highest BCUT2D eigenvalue weighted by Crippen LogP contribution is 2.32. The molecule has 1 fully saturated rings. The van der Waals surface area contributed by atoms with Gasteiger partial charge in [-0.2, -0.15) is 0 Å². The molecule has 0 aromatic heterocycles. The predicted molar refractivity (Wildman–Crippen MR) is 61.3 cm³/mol. The third-order valence-electron chi connectivity index (χ3n) is 3.08. The summed E-state index contributed by atoms with van der Waals surface area (Å²) in [5.41, 5.74) is 1.29. The van der Waals surface area contributed by atoms with E-state index in [-0.39, 0.29) is 0 Å². The lowest BCUT2D eigenvalue weighted by atomic mass is 9.83. The molecule has 14 heavy (non-hydrogen) atoms. The lowest BCUT2D eigenvalue weighted by Crippen LogP contribution is -2.35. The van der Waals surface area contributed by atoms with E-state index in [1.165, 1.54) is 24.8 Å². The summed E-state index contributed by atoms with van der Waals surface area (Å²) in [6, 6.07) is 0. The minimum atomic E-state index is 0.413. The van der Waals surface area contributed by atoms with Gasteiger partial charge in [0.15, 0.2) is 0 Å². The third-order valence-corrected chi connectivity index (χ3v) is 3.08. The van der Waals surface area contributed by atoms with Crippen molar-refractivity contribution in [1.29, 1.82) is 0 Å². The van der Waals surface area contributed by atoms with Gasteiger partial charge in [-0.3, -0.25) is 0 Å². The maximum absolute atomic E-state index is 6.01. The highest BCUT2D eigenvalue weighted by molar-refractivity contribution is 5.01. The highest BCUT2D eigenvalue weighted by atomic mass is 16.5. The third kappa shape index (κ3) is 3.13. The molecule has 1 nitrogen and oxygen atoms in total. The second-order valence-corrected chi connectivity index (χ2v) is 5.14. The molecule has 0 unspecified atom stereocenters. The molecule has 1 aliphatic rings. The molecule has 0 bridgehead atoms. The highest BCUT2D eigenvalue weighted by Gasteiger charge is 2.29. The monoisotopic (exact) mass is 196 g/mol. The van der Waals surface area contributed by atoms with Crippen molar-refractivity contribution in [2.24, 2.45) is 11.8 Å². The summed E-state index contributed by atoms with van der Waals surface area (Å²) in [4.78, 5) is 0. The first kappa shape index (κ1) is 11.8. The Bertz CT molecular complexity index is 193. The lowest BCUT2D eigenvalue weighted by Gasteiger charge is -2.36. The van der Waals surface area contributed by atoms with Crippen LogP contribution in [0.25, 0.3) is 0 Å². The Hall–Kier alpha value is -0.300. The van der Waals surface area contributed by atoms with Crippen LogP contribution in [0.4, 0.5) is 0 Å². The van der Waals surface area contributed by atoms with Crippen LogP contribution in [0, 0.1) is 11.8 Å². The Morgan fingerprint density at radius 2 is 2.07 bits per heavy atom. The summed E-state index contributed by atoms with van der Waals surface area (Å²) in [5, 5.41) is 0. The zero-order valence-electron chi connectivity index (χ0n) is 10.0. The Labute approximate surface area is 88.5 Å². The van der Waals surface area contributed by atoms with E-state index in [1.807, 2.05) is 0 Å². The normalized spacial score (nSPS) is 33.4. The van der Waals surface area contributed by atoms with Gasteiger partial charge in [0, 0.05) is 5.92 Å². The SMILES string of the molecule is C=C(C)[C@@H]1CC[C@H](C)O[C@H]1CC(C)C. The molecule has 0 radical (unpaired) electrons. The smallest absolute Gasteiger partial charge is 0.0646 e. The molecular formula is C13H24O. The molecule has 0 amide bonds. The van der Waals surface area contributed by atoms with E-state index < -0.39 is 0 Å². The van der Waals surface area contributed by atoms with E-state index in [0.717, 1.165) is 0 Å². The Balaban J connectivity index is 2.59. The molecule has 82 valence electrons. The van der Waals surface area contributed by atoms with Crippen molar-refractivity contribution in [2.75, 3.05) is 0 Å². The largest absolute Gasteiger partial charge is 0.375 e. The second-order valence-electron chi connectivity index (χ2n) is 5.14. The number of rotatable bonds is 3. The van der Waals surface area contributed by atoms with Gasteiger partial charge in [0.05, 0.1) is 12.2 Å². The lowest BCUT2D eigenvalue weighted by molar-refractivity contribution is -0.0732. The Kier molecular flexibility index (Phi) is 4.18. The van der Waals surface area contributed by atoms with Crippen molar-refractivity contribution < 1.29 is 4.74 Å². The number of ether oxygens (including phenoxy) is 1. The molecule has 0 aromatic carbocycles. The van der Waals surface area contributed by atoms with Crippen molar-refractivity contribution in [3.63, 3.8) is 0 Å². The van der Waals surface area contributed by atoms with Gasteiger partial charge in [-0.05, 0) is 39.0 Å². The van der Waals surface area contributed by atoms with Crippen molar-refractivity contribution in [3.05, 3.63) is 12.2 Å². The van der Waals surface area contributed by atoms with Gasteiger partial charge in [-0.1, -0.05) is 26.0 Å². The summed E-state index contributed by atoms with van der Waals surface area (Å²) >= 11 is 0. The van der Waals surface area contributed by atoms with Gasteiger partial charge >= 0.3 is 0 Å². The van der Waals surface area contributed by atoms with Gasteiger partial charge in [0.2, 0.25) is 0 Å². The molecule has 0 aliphatic carbocycles. The van der Waals surface area contributed by atoms with Crippen LogP contribution < -0.4 is 0 Å². The van der Waals surface area contributed by atoms with Crippen LogP contribution in [0.1, 0.15) is 47.0 Å². The fourth-order valence-electron chi connectivity index (χ4n) is 2.31. The minimum Gasteiger partial charge on any atom is -0.375 e. The molecule has 1 rings (SSSR count). The fourth-order valence-corrected chi connectivity index (χ4v) is 2.31. The summed E-state index contributed by atoms with van der Waals surface area (Å²) < 4.78 is 6.01. The molecule has 0 aromatic rings. The maximum atomic E-state index is 6.01. The van der Waals surface area contributed by atoms with Gasteiger partial charge in [-0.25, -0.2) is 0 Å². The molecule has 1 heteroatoms. The van der Waals surface area contributed by atoms with Crippen LogP contribution in [0.5, 0.6) is 0 Å². The molecule has 0 spiro atoms. The van der Waals surface area contributed by atoms with Crippen LogP contribution >= 0.6 is 0 Å². The van der Waals surface area contributed by atoms with Crippen molar-refractivity contribution in [2.45, 2.75) is 59.2 Å². The quantitative estimate of drug-likeness (QED) is 0.624. The van der Waals surface area contributed by atoms with Gasteiger partial charge in [0.1, 0.15) is 0 Å². The second kappa shape index (κ2) is 4.97. The van der Waals surface area contributed by atoms with Crippen LogP contribution in [0.15, 0.2) is 12.2 Å². The Morgan fingerprint density at radius 1 is 1.43 bits per heavy atom. The van der Waals surface area contributed by atoms with E-state index >= 15 is 0 Å². The molecule has 3 atom stereocenters. The van der Waals surface area contributed by atoms with Crippen molar-refractivity contribution >= 4 is 0 Å². The molecule has 1 heterocycles. The molecule has 0 saturated carbocycles. The molecular weight excluding hydrogens is 172 g/mol. The van der Waals surface area contributed by atoms with Crippen LogP contribution in [-0.4, -0.2) is 12.2 Å². The first-order valence-corrected chi connectivity index (χ1v) is 5.81. The van der Waals surface area contributed by atoms with E-state index in [0.29, 0.717) is 24.0 Å². The first-order chi connectivity index (χ1) is 6.50. The standard InChI is InChI=1S/C13H24O/c1-9(2)8-13-12(10(3)4)7-6-11(5)14-13/h9,11-13H,3,6-8H2,1-2,4-5H3/t11-,12-,13-/m0/s1. The number of hydrogen-bond acceptors (Lipinski definition) is 1. The Morgan fingerprint density at radius 3 is 2.57 bits per heavy atom. The van der Waals surface area contributed by atoms with Gasteiger partial charge in [0.25, 0.3) is 0 Å². The van der Waals surface area contributed by atoms with E-state index in [1.54, 1.807) is 0 Å². The van der Waals surface area contributed by atoms with Crippen molar-refractivity contribution in [3.8, 4) is 0 Å². The van der Waals surface area contributed by atoms with Crippen molar-refractivity contribution in [1.82, 2.24) is 0 Å². The summed E-state index contributed by atoms with van der Waals surface area (Å²) in [7, 11) is 0. The van der Waals surface area contributed by atoms with Crippen LogP contribution in [0.3, 0.4) is 0 Å². The summed E-state index contributed by atoms with van der Waals surface area (Å²) in [6.45, 7) is 12.9. The fraction of sp³-hybridized carbons (Fsp3) is 0.846. The molecule has 1 saturated heterocycles. The minimum absolute atomic E-state index is 0.413. The van der Waals surface area contributed by atoms with Gasteiger partial charge in [-0.15, -0.1) is 0 Å². The predicted octanol–water partition coefficient (Wildman–Crippen LogP) is 3.79. The first-order valence-electron chi connectivity index (χ1n) is 5.81. The average Bonchev–Trinajstić information content (AvgIpc) is 2.01. The average molecular weight is 196 g/mol. The van der Waals surface area contributed by atoms with Gasteiger partial charge < -0.3 is 4.74 Å². The number of hydrogen-bond donors (Lipinski definition) is 0. The zero-order chi connectivity index (χ0) is 10.7. The van der Waals surface area contributed by atoms with E-state index in [2.05, 4.69) is 34.3 Å². The molecule has 0 N–H and O–H groups in total. The summed E-state index contributed by atoms with van der Waals surface area (Å²) in [6.07, 6.45) is 4.47. The zero-order valence-corrected chi connectivity index (χ0v) is 10.0. The van der Waals surface area contributed by atoms with E-state index in [9.17, 15) is 0 Å². The maximum Gasteiger partial charge on any atom is 0.0646 e. The van der Waals surface area contributed by atoms with Crippen LogP contribution in [-0.2, 0) is 4.74 Å². The summed E-state index contributed by atoms with van der Waals surface area (Å²) in [5.74, 6) is 1.31.